The van der Waals surface area contributed by atoms with Crippen molar-refractivity contribution in [3.63, 3.8) is 0 Å². The van der Waals surface area contributed by atoms with Crippen molar-refractivity contribution in [3.05, 3.63) is 35.4 Å². The Labute approximate surface area is 149 Å². The minimum atomic E-state index is -0.992. The van der Waals surface area contributed by atoms with Crippen LogP contribution in [0, 0.1) is 5.92 Å². The van der Waals surface area contributed by atoms with Gasteiger partial charge in [-0.05, 0) is 37.1 Å². The number of carbonyl (C=O) groups excluding carboxylic acids is 1. The summed E-state index contributed by atoms with van der Waals surface area (Å²) in [5.74, 6) is -1.12. The lowest BCUT2D eigenvalue weighted by Gasteiger charge is -2.32. The predicted octanol–water partition coefficient (Wildman–Crippen LogP) is 1.66. The molecule has 1 heterocycles. The maximum absolute atomic E-state index is 12.3. The van der Waals surface area contributed by atoms with Crippen LogP contribution in [0.5, 0.6) is 0 Å². The third-order valence-corrected chi connectivity index (χ3v) is 4.53. The number of rotatable bonds is 7. The highest BCUT2D eigenvalue weighted by Crippen LogP contribution is 2.11. The molecule has 1 aromatic rings. The number of piperazine rings is 1. The summed E-state index contributed by atoms with van der Waals surface area (Å²) >= 11 is 0. The SMILES string of the molecule is CC(C)C[C@@H](NC(=O)c1ccc(CN2CCN(C)CC2)cc1)C(=O)O. The quantitative estimate of drug-likeness (QED) is 0.785. The van der Waals surface area contributed by atoms with Crippen LogP contribution >= 0.6 is 0 Å². The molecule has 0 saturated carbocycles. The Morgan fingerprint density at radius 3 is 2.24 bits per heavy atom. The molecule has 0 bridgehead atoms. The van der Waals surface area contributed by atoms with E-state index in [1.165, 1.54) is 0 Å². The smallest absolute Gasteiger partial charge is 0.326 e. The van der Waals surface area contributed by atoms with E-state index < -0.39 is 12.0 Å². The highest BCUT2D eigenvalue weighted by molar-refractivity contribution is 5.96. The lowest BCUT2D eigenvalue weighted by Crippen LogP contribution is -2.43. The molecule has 6 heteroatoms. The number of carboxylic acids is 1. The van der Waals surface area contributed by atoms with Gasteiger partial charge < -0.3 is 15.3 Å². The minimum Gasteiger partial charge on any atom is -0.480 e. The van der Waals surface area contributed by atoms with E-state index in [-0.39, 0.29) is 11.8 Å². The largest absolute Gasteiger partial charge is 0.480 e. The van der Waals surface area contributed by atoms with E-state index in [0.29, 0.717) is 12.0 Å². The second kappa shape index (κ2) is 8.97. The molecule has 2 N–H and O–H groups in total. The average molecular weight is 347 g/mol. The van der Waals surface area contributed by atoms with Gasteiger partial charge in [0, 0.05) is 38.3 Å². The fourth-order valence-electron chi connectivity index (χ4n) is 2.96. The van der Waals surface area contributed by atoms with Crippen LogP contribution < -0.4 is 5.32 Å². The van der Waals surface area contributed by atoms with Crippen molar-refractivity contribution in [2.24, 2.45) is 5.92 Å². The standard InChI is InChI=1S/C19H29N3O3/c1-14(2)12-17(19(24)25)20-18(23)16-6-4-15(5-7-16)13-22-10-8-21(3)9-11-22/h4-7,14,17H,8-13H2,1-3H3,(H,20,23)(H,24,25)/t17-/m1/s1. The number of benzene rings is 1. The summed E-state index contributed by atoms with van der Waals surface area (Å²) in [5.41, 5.74) is 1.66. The third kappa shape index (κ3) is 6.14. The molecule has 6 nitrogen and oxygen atoms in total. The van der Waals surface area contributed by atoms with E-state index >= 15 is 0 Å². The number of carbonyl (C=O) groups is 2. The molecule has 25 heavy (non-hydrogen) atoms. The zero-order chi connectivity index (χ0) is 18.4. The highest BCUT2D eigenvalue weighted by atomic mass is 16.4. The number of nitrogens with one attached hydrogen (secondary N) is 1. The van der Waals surface area contributed by atoms with Crippen LogP contribution in [0.25, 0.3) is 0 Å². The van der Waals surface area contributed by atoms with E-state index in [1.807, 2.05) is 26.0 Å². The molecule has 1 aromatic carbocycles. The van der Waals surface area contributed by atoms with Gasteiger partial charge in [-0.3, -0.25) is 9.69 Å². The lowest BCUT2D eigenvalue weighted by atomic mass is 10.0. The first-order chi connectivity index (χ1) is 11.8. The maximum atomic E-state index is 12.3. The van der Waals surface area contributed by atoms with Crippen LogP contribution in [-0.4, -0.2) is 66.1 Å². The molecule has 1 amide bonds. The second-order valence-electron chi connectivity index (χ2n) is 7.27. The van der Waals surface area contributed by atoms with Crippen LogP contribution in [0.1, 0.15) is 36.2 Å². The van der Waals surface area contributed by atoms with Gasteiger partial charge >= 0.3 is 5.97 Å². The maximum Gasteiger partial charge on any atom is 0.326 e. The van der Waals surface area contributed by atoms with Crippen LogP contribution in [0.15, 0.2) is 24.3 Å². The molecule has 2 rings (SSSR count). The molecule has 1 fully saturated rings. The zero-order valence-corrected chi connectivity index (χ0v) is 15.4. The van der Waals surface area contributed by atoms with Gasteiger partial charge in [-0.25, -0.2) is 4.79 Å². The summed E-state index contributed by atoms with van der Waals surface area (Å²) in [4.78, 5) is 28.3. The van der Waals surface area contributed by atoms with Crippen molar-refractivity contribution in [1.29, 1.82) is 0 Å². The minimum absolute atomic E-state index is 0.201. The van der Waals surface area contributed by atoms with E-state index in [2.05, 4.69) is 22.2 Å². The summed E-state index contributed by atoms with van der Waals surface area (Å²) in [6.45, 7) is 9.01. The predicted molar refractivity (Wildman–Crippen MR) is 97.6 cm³/mol. The van der Waals surface area contributed by atoms with E-state index in [1.54, 1.807) is 12.1 Å². The van der Waals surface area contributed by atoms with Gasteiger partial charge in [0.15, 0.2) is 0 Å². The topological polar surface area (TPSA) is 72.9 Å². The van der Waals surface area contributed by atoms with Gasteiger partial charge in [-0.15, -0.1) is 0 Å². The Balaban J connectivity index is 1.92. The normalized spacial score (nSPS) is 17.4. The highest BCUT2D eigenvalue weighted by Gasteiger charge is 2.21. The van der Waals surface area contributed by atoms with E-state index in [0.717, 1.165) is 38.3 Å². The molecule has 0 aromatic heterocycles. The molecule has 0 spiro atoms. The second-order valence-corrected chi connectivity index (χ2v) is 7.27. The van der Waals surface area contributed by atoms with Gasteiger partial charge in [0.1, 0.15) is 6.04 Å². The molecule has 0 unspecified atom stereocenters. The Hall–Kier alpha value is -1.92. The fourth-order valence-corrected chi connectivity index (χ4v) is 2.96. The average Bonchev–Trinajstić information content (AvgIpc) is 2.56. The summed E-state index contributed by atoms with van der Waals surface area (Å²) in [5, 5.41) is 11.9. The molecular weight excluding hydrogens is 318 g/mol. The number of carboxylic acid groups (broad SMARTS) is 1. The monoisotopic (exact) mass is 347 g/mol. The number of hydrogen-bond acceptors (Lipinski definition) is 4. The molecule has 1 saturated heterocycles. The molecular formula is C19H29N3O3. The Morgan fingerprint density at radius 2 is 1.72 bits per heavy atom. The summed E-state index contributed by atoms with van der Waals surface area (Å²) in [7, 11) is 2.13. The van der Waals surface area contributed by atoms with Crippen molar-refractivity contribution >= 4 is 11.9 Å². The van der Waals surface area contributed by atoms with E-state index in [4.69, 9.17) is 0 Å². The Morgan fingerprint density at radius 1 is 1.12 bits per heavy atom. The summed E-state index contributed by atoms with van der Waals surface area (Å²) in [6, 6.07) is 6.60. The van der Waals surface area contributed by atoms with Crippen molar-refractivity contribution in [2.75, 3.05) is 33.2 Å². The van der Waals surface area contributed by atoms with Gasteiger partial charge in [-0.2, -0.15) is 0 Å². The van der Waals surface area contributed by atoms with Crippen molar-refractivity contribution in [3.8, 4) is 0 Å². The van der Waals surface area contributed by atoms with Crippen LogP contribution in [0.3, 0.4) is 0 Å². The Kier molecular flexibility index (Phi) is 6.96. The first-order valence-corrected chi connectivity index (χ1v) is 8.88. The van der Waals surface area contributed by atoms with E-state index in [9.17, 15) is 14.7 Å². The fraction of sp³-hybridized carbons (Fsp3) is 0.579. The lowest BCUT2D eigenvalue weighted by molar-refractivity contribution is -0.139. The van der Waals surface area contributed by atoms with Crippen molar-refractivity contribution < 1.29 is 14.7 Å². The number of likely N-dealkylation sites (N-methyl/N-ethyl adjacent to an activating group) is 1. The van der Waals surface area contributed by atoms with Crippen molar-refractivity contribution in [1.82, 2.24) is 15.1 Å². The van der Waals surface area contributed by atoms with Crippen LogP contribution in [0.2, 0.25) is 0 Å². The van der Waals surface area contributed by atoms with Gasteiger partial charge in [0.2, 0.25) is 0 Å². The number of nitrogens with zero attached hydrogens (tertiary/aromatic N) is 2. The van der Waals surface area contributed by atoms with Gasteiger partial charge in [0.25, 0.3) is 5.91 Å². The first-order valence-electron chi connectivity index (χ1n) is 8.88. The molecule has 1 aliphatic heterocycles. The van der Waals surface area contributed by atoms with Crippen LogP contribution in [0.4, 0.5) is 0 Å². The van der Waals surface area contributed by atoms with Gasteiger partial charge in [-0.1, -0.05) is 26.0 Å². The first kappa shape index (κ1) is 19.4. The number of amides is 1. The molecule has 138 valence electrons. The number of aliphatic carboxylic acids is 1. The van der Waals surface area contributed by atoms with Crippen LogP contribution in [-0.2, 0) is 11.3 Å². The Bertz CT molecular complexity index is 578. The molecule has 1 atom stereocenters. The van der Waals surface area contributed by atoms with Crippen molar-refractivity contribution in [2.45, 2.75) is 32.9 Å². The number of hydrogen-bond donors (Lipinski definition) is 2. The summed E-state index contributed by atoms with van der Waals surface area (Å²) < 4.78 is 0. The summed E-state index contributed by atoms with van der Waals surface area (Å²) in [6.07, 6.45) is 0.419. The molecule has 0 aliphatic carbocycles. The third-order valence-electron chi connectivity index (χ3n) is 4.53. The molecule has 1 aliphatic rings. The molecule has 0 radical (unpaired) electrons. The van der Waals surface area contributed by atoms with Gasteiger partial charge in [0.05, 0.1) is 0 Å². The zero-order valence-electron chi connectivity index (χ0n) is 15.4.